The topological polar surface area (TPSA) is 60.0 Å². The third-order valence-corrected chi connectivity index (χ3v) is 4.63. The summed E-state index contributed by atoms with van der Waals surface area (Å²) < 4.78 is 13.8. The first-order chi connectivity index (χ1) is 12.5. The van der Waals surface area contributed by atoms with E-state index >= 15 is 0 Å². The van der Waals surface area contributed by atoms with E-state index in [0.717, 1.165) is 45.0 Å². The SMILES string of the molecule is CCC(=O)N1CCC(NC(=NC)NCCCN(C)c2ccccc2F)C1.I. The Balaban J connectivity index is 0.00000364. The molecule has 0 aromatic heterocycles. The van der Waals surface area contributed by atoms with Gasteiger partial charge in [0, 0.05) is 52.7 Å². The Kier molecular flexibility index (Phi) is 10.4. The predicted octanol–water partition coefficient (Wildman–Crippen LogP) is 2.45. The van der Waals surface area contributed by atoms with Crippen molar-refractivity contribution in [1.29, 1.82) is 0 Å². The number of hydrogen-bond acceptors (Lipinski definition) is 3. The van der Waals surface area contributed by atoms with E-state index in [2.05, 4.69) is 15.6 Å². The highest BCUT2D eigenvalue weighted by Gasteiger charge is 2.25. The van der Waals surface area contributed by atoms with E-state index in [-0.39, 0.29) is 41.7 Å². The van der Waals surface area contributed by atoms with Crippen LogP contribution in [-0.2, 0) is 4.79 Å². The molecule has 27 heavy (non-hydrogen) atoms. The van der Waals surface area contributed by atoms with Gasteiger partial charge >= 0.3 is 0 Å². The van der Waals surface area contributed by atoms with Crippen LogP contribution in [0.15, 0.2) is 29.3 Å². The lowest BCUT2D eigenvalue weighted by Gasteiger charge is -2.21. The van der Waals surface area contributed by atoms with Crippen LogP contribution < -0.4 is 15.5 Å². The molecule has 1 saturated heterocycles. The number of halogens is 2. The number of carbonyl (C=O) groups is 1. The maximum atomic E-state index is 13.8. The molecule has 1 fully saturated rings. The highest BCUT2D eigenvalue weighted by Crippen LogP contribution is 2.16. The number of benzene rings is 1. The van der Waals surface area contributed by atoms with Crippen LogP contribution in [0.2, 0.25) is 0 Å². The van der Waals surface area contributed by atoms with Gasteiger partial charge in [-0.2, -0.15) is 0 Å². The number of guanidine groups is 1. The molecule has 0 spiro atoms. The van der Waals surface area contributed by atoms with E-state index in [4.69, 9.17) is 0 Å². The number of anilines is 1. The minimum absolute atomic E-state index is 0. The lowest BCUT2D eigenvalue weighted by atomic mass is 10.2. The zero-order valence-electron chi connectivity index (χ0n) is 16.4. The Morgan fingerprint density at radius 2 is 2.15 bits per heavy atom. The van der Waals surface area contributed by atoms with Crippen molar-refractivity contribution in [2.45, 2.75) is 32.2 Å². The van der Waals surface area contributed by atoms with E-state index in [1.165, 1.54) is 6.07 Å². The van der Waals surface area contributed by atoms with Crippen molar-refractivity contribution in [3.8, 4) is 0 Å². The van der Waals surface area contributed by atoms with Crippen LogP contribution in [0.3, 0.4) is 0 Å². The third kappa shape index (κ3) is 7.15. The first-order valence-electron chi connectivity index (χ1n) is 9.25. The maximum absolute atomic E-state index is 13.8. The summed E-state index contributed by atoms with van der Waals surface area (Å²) in [6.45, 7) is 4.90. The summed E-state index contributed by atoms with van der Waals surface area (Å²) in [7, 11) is 3.63. The Morgan fingerprint density at radius 1 is 1.41 bits per heavy atom. The maximum Gasteiger partial charge on any atom is 0.222 e. The summed E-state index contributed by atoms with van der Waals surface area (Å²) in [6, 6.07) is 7.03. The molecule has 1 aliphatic heterocycles. The van der Waals surface area contributed by atoms with Crippen molar-refractivity contribution in [2.24, 2.45) is 4.99 Å². The first kappa shape index (κ1) is 23.5. The highest BCUT2D eigenvalue weighted by atomic mass is 127. The number of aliphatic imine (C=N–C) groups is 1. The second kappa shape index (κ2) is 12.0. The normalized spacial score (nSPS) is 16.7. The summed E-state index contributed by atoms with van der Waals surface area (Å²) in [6.07, 6.45) is 2.34. The largest absolute Gasteiger partial charge is 0.372 e. The molecule has 1 heterocycles. The van der Waals surface area contributed by atoms with E-state index in [1.807, 2.05) is 29.8 Å². The van der Waals surface area contributed by atoms with Crippen LogP contribution in [-0.4, -0.2) is 63.1 Å². The average Bonchev–Trinajstić information content (AvgIpc) is 3.12. The van der Waals surface area contributed by atoms with E-state index in [9.17, 15) is 9.18 Å². The molecule has 6 nitrogen and oxygen atoms in total. The quantitative estimate of drug-likeness (QED) is 0.266. The van der Waals surface area contributed by atoms with Gasteiger partial charge < -0.3 is 20.4 Å². The van der Waals surface area contributed by atoms with Gasteiger partial charge in [0.25, 0.3) is 0 Å². The molecule has 1 atom stereocenters. The number of nitrogens with zero attached hydrogens (tertiary/aromatic N) is 3. The van der Waals surface area contributed by atoms with Crippen LogP contribution >= 0.6 is 24.0 Å². The molecule has 1 aromatic carbocycles. The van der Waals surface area contributed by atoms with Crippen molar-refractivity contribution in [2.75, 3.05) is 45.2 Å². The van der Waals surface area contributed by atoms with Gasteiger partial charge in [-0.15, -0.1) is 24.0 Å². The molecule has 8 heteroatoms. The van der Waals surface area contributed by atoms with Crippen LogP contribution in [0.1, 0.15) is 26.2 Å². The molecule has 1 aliphatic rings. The van der Waals surface area contributed by atoms with Crippen LogP contribution in [0.5, 0.6) is 0 Å². The van der Waals surface area contributed by atoms with Gasteiger partial charge in [-0.25, -0.2) is 4.39 Å². The molecule has 0 bridgehead atoms. The summed E-state index contributed by atoms with van der Waals surface area (Å²) in [5.74, 6) is 0.746. The molecule has 152 valence electrons. The van der Waals surface area contributed by atoms with Crippen molar-refractivity contribution in [3.63, 3.8) is 0 Å². The minimum atomic E-state index is -0.201. The van der Waals surface area contributed by atoms with Crippen LogP contribution in [0.25, 0.3) is 0 Å². The molecule has 1 aromatic rings. The van der Waals surface area contributed by atoms with E-state index in [1.54, 1.807) is 19.2 Å². The van der Waals surface area contributed by atoms with Gasteiger partial charge in [0.05, 0.1) is 5.69 Å². The van der Waals surface area contributed by atoms with Crippen molar-refractivity contribution < 1.29 is 9.18 Å². The average molecular weight is 491 g/mol. The smallest absolute Gasteiger partial charge is 0.222 e. The number of amides is 1. The zero-order valence-corrected chi connectivity index (χ0v) is 18.7. The van der Waals surface area contributed by atoms with Crippen molar-refractivity contribution in [3.05, 3.63) is 30.1 Å². The predicted molar refractivity (Wildman–Crippen MR) is 119 cm³/mol. The fourth-order valence-corrected chi connectivity index (χ4v) is 3.12. The number of carbonyl (C=O) groups excluding carboxylic acids is 1. The second-order valence-corrected chi connectivity index (χ2v) is 6.55. The standard InChI is InChI=1S/C19H30FN5O.HI/c1-4-18(26)25-13-10-15(14-25)23-19(21-2)22-11-7-12-24(3)17-9-6-5-8-16(17)20;/h5-6,8-9,15H,4,7,10-14H2,1-3H3,(H2,21,22,23);1H. The second-order valence-electron chi connectivity index (χ2n) is 6.55. The fourth-order valence-electron chi connectivity index (χ4n) is 3.12. The Hall–Kier alpha value is -1.58. The molecule has 2 N–H and O–H groups in total. The monoisotopic (exact) mass is 491 g/mol. The van der Waals surface area contributed by atoms with Gasteiger partial charge in [-0.1, -0.05) is 19.1 Å². The van der Waals surface area contributed by atoms with E-state index in [0.29, 0.717) is 12.1 Å². The zero-order chi connectivity index (χ0) is 18.9. The summed E-state index contributed by atoms with van der Waals surface area (Å²) in [5.41, 5.74) is 0.613. The number of hydrogen-bond donors (Lipinski definition) is 2. The number of likely N-dealkylation sites (tertiary alicyclic amines) is 1. The van der Waals surface area contributed by atoms with Gasteiger partial charge in [0.15, 0.2) is 5.96 Å². The first-order valence-corrected chi connectivity index (χ1v) is 9.25. The Morgan fingerprint density at radius 3 is 2.81 bits per heavy atom. The lowest BCUT2D eigenvalue weighted by Crippen LogP contribution is -2.45. The molecule has 0 radical (unpaired) electrons. The molecular formula is C19H31FIN5O. The van der Waals surface area contributed by atoms with Crippen molar-refractivity contribution >= 4 is 41.5 Å². The molecular weight excluding hydrogens is 460 g/mol. The Bertz CT molecular complexity index is 628. The van der Waals surface area contributed by atoms with Crippen LogP contribution in [0.4, 0.5) is 10.1 Å². The minimum Gasteiger partial charge on any atom is -0.372 e. The summed E-state index contributed by atoms with van der Waals surface area (Å²) >= 11 is 0. The van der Waals surface area contributed by atoms with E-state index < -0.39 is 0 Å². The van der Waals surface area contributed by atoms with Crippen LogP contribution in [0, 0.1) is 5.82 Å². The summed E-state index contributed by atoms with van der Waals surface area (Å²) in [4.78, 5) is 19.8. The number of nitrogens with one attached hydrogen (secondary N) is 2. The molecule has 2 rings (SSSR count). The molecule has 1 amide bonds. The fraction of sp³-hybridized carbons (Fsp3) is 0.579. The number of rotatable bonds is 7. The lowest BCUT2D eigenvalue weighted by molar-refractivity contribution is -0.129. The Labute approximate surface area is 178 Å². The number of para-hydroxylation sites is 1. The van der Waals surface area contributed by atoms with Gasteiger partial charge in [0.2, 0.25) is 5.91 Å². The van der Waals surface area contributed by atoms with Gasteiger partial charge in [-0.05, 0) is 25.0 Å². The molecule has 0 aliphatic carbocycles. The molecule has 0 saturated carbocycles. The van der Waals surface area contributed by atoms with Gasteiger partial charge in [-0.3, -0.25) is 9.79 Å². The molecule has 1 unspecified atom stereocenters. The van der Waals surface area contributed by atoms with Gasteiger partial charge in [0.1, 0.15) is 5.82 Å². The highest BCUT2D eigenvalue weighted by molar-refractivity contribution is 14.0. The van der Waals surface area contributed by atoms with Crippen molar-refractivity contribution in [1.82, 2.24) is 15.5 Å². The summed E-state index contributed by atoms with van der Waals surface area (Å²) in [5, 5.41) is 6.67. The third-order valence-electron chi connectivity index (χ3n) is 4.63.